The van der Waals surface area contributed by atoms with Crippen molar-refractivity contribution in [3.8, 4) is 0 Å². The fourth-order valence-electron chi connectivity index (χ4n) is 2.98. The molecule has 162 valence electrons. The van der Waals surface area contributed by atoms with E-state index in [9.17, 15) is 14.4 Å². The van der Waals surface area contributed by atoms with E-state index in [4.69, 9.17) is 9.15 Å². The lowest BCUT2D eigenvalue weighted by Gasteiger charge is -2.22. The van der Waals surface area contributed by atoms with Crippen molar-refractivity contribution in [2.24, 2.45) is 0 Å². The van der Waals surface area contributed by atoms with Crippen LogP contribution in [0.15, 0.2) is 64.0 Å². The van der Waals surface area contributed by atoms with E-state index in [2.05, 4.69) is 10.4 Å². The summed E-state index contributed by atoms with van der Waals surface area (Å²) in [5.41, 5.74) is 1.20. The molecule has 0 aliphatic rings. The molecule has 0 radical (unpaired) electrons. The second kappa shape index (κ2) is 10.4. The summed E-state index contributed by atoms with van der Waals surface area (Å²) in [6.07, 6.45) is 1.54. The van der Waals surface area contributed by atoms with Crippen LogP contribution in [0, 0.1) is 0 Å². The quantitative estimate of drug-likeness (QED) is 0.560. The largest absolute Gasteiger partial charge is 0.467 e. The minimum Gasteiger partial charge on any atom is -0.467 e. The Morgan fingerprint density at radius 2 is 1.90 bits per heavy atom. The number of aromatic nitrogens is 2. The van der Waals surface area contributed by atoms with E-state index in [1.54, 1.807) is 54.6 Å². The first-order valence-electron chi connectivity index (χ1n) is 9.71. The molecule has 2 amide bonds. The smallest absolute Gasteiger partial charge is 0.275 e. The number of nitrogens with one attached hydrogen (secondary N) is 1. The van der Waals surface area contributed by atoms with Crippen LogP contribution in [0.1, 0.15) is 32.2 Å². The third kappa shape index (κ3) is 5.67. The van der Waals surface area contributed by atoms with Crippen molar-refractivity contribution in [1.29, 1.82) is 0 Å². The molecule has 3 aromatic rings. The van der Waals surface area contributed by atoms with Crippen molar-refractivity contribution in [3.05, 3.63) is 87.7 Å². The Morgan fingerprint density at radius 1 is 1.13 bits per heavy atom. The number of ether oxygens (including phenoxy) is 1. The van der Waals surface area contributed by atoms with Gasteiger partial charge in [0.15, 0.2) is 0 Å². The van der Waals surface area contributed by atoms with E-state index in [1.165, 1.54) is 23.9 Å². The Bertz CT molecular complexity index is 1070. The summed E-state index contributed by atoms with van der Waals surface area (Å²) in [6, 6.07) is 13.2. The van der Waals surface area contributed by atoms with Crippen molar-refractivity contribution < 1.29 is 18.7 Å². The van der Waals surface area contributed by atoms with Crippen LogP contribution in [-0.4, -0.2) is 47.3 Å². The Hall–Kier alpha value is -3.72. The van der Waals surface area contributed by atoms with Gasteiger partial charge in [-0.05, 0) is 35.9 Å². The van der Waals surface area contributed by atoms with Crippen molar-refractivity contribution in [2.45, 2.75) is 19.6 Å². The average molecular weight is 424 g/mol. The molecule has 1 N–H and O–H groups in total. The van der Waals surface area contributed by atoms with Gasteiger partial charge in [-0.2, -0.15) is 5.10 Å². The van der Waals surface area contributed by atoms with Gasteiger partial charge in [0.2, 0.25) is 0 Å². The lowest BCUT2D eigenvalue weighted by molar-refractivity contribution is 0.0707. The molecule has 9 heteroatoms. The van der Waals surface area contributed by atoms with Crippen LogP contribution >= 0.6 is 0 Å². The Morgan fingerprint density at radius 3 is 2.55 bits per heavy atom. The van der Waals surface area contributed by atoms with Gasteiger partial charge in [-0.1, -0.05) is 12.1 Å². The second-order valence-corrected chi connectivity index (χ2v) is 6.79. The summed E-state index contributed by atoms with van der Waals surface area (Å²) < 4.78 is 11.6. The number of benzene rings is 1. The highest BCUT2D eigenvalue weighted by atomic mass is 16.5. The molecule has 2 heterocycles. The monoisotopic (exact) mass is 424 g/mol. The molecular weight excluding hydrogens is 400 g/mol. The first-order valence-corrected chi connectivity index (χ1v) is 9.71. The zero-order valence-corrected chi connectivity index (χ0v) is 17.4. The third-order valence-corrected chi connectivity index (χ3v) is 4.62. The van der Waals surface area contributed by atoms with Crippen LogP contribution in [-0.2, 0) is 24.4 Å². The van der Waals surface area contributed by atoms with Crippen molar-refractivity contribution in [2.75, 3.05) is 20.8 Å². The van der Waals surface area contributed by atoms with E-state index >= 15 is 0 Å². The molecule has 31 heavy (non-hydrogen) atoms. The second-order valence-electron chi connectivity index (χ2n) is 6.79. The van der Waals surface area contributed by atoms with Crippen LogP contribution in [0.5, 0.6) is 0 Å². The van der Waals surface area contributed by atoms with Crippen LogP contribution in [0.4, 0.5) is 0 Å². The molecule has 9 nitrogen and oxygen atoms in total. The molecule has 0 spiro atoms. The Labute approximate surface area is 179 Å². The van der Waals surface area contributed by atoms with Gasteiger partial charge in [0.05, 0.1) is 26.0 Å². The Kier molecular flexibility index (Phi) is 7.34. The number of carbonyl (C=O) groups excluding carboxylic acids is 2. The van der Waals surface area contributed by atoms with Crippen LogP contribution in [0.2, 0.25) is 0 Å². The summed E-state index contributed by atoms with van der Waals surface area (Å²) in [5, 5.41) is 6.77. The molecule has 0 unspecified atom stereocenters. The van der Waals surface area contributed by atoms with Gasteiger partial charge >= 0.3 is 0 Å². The normalized spacial score (nSPS) is 10.6. The van der Waals surface area contributed by atoms with E-state index in [1.807, 2.05) is 0 Å². The zero-order valence-electron chi connectivity index (χ0n) is 17.4. The third-order valence-electron chi connectivity index (χ3n) is 4.62. The first-order chi connectivity index (χ1) is 15.0. The number of methoxy groups -OCH3 is 1. The number of carbonyl (C=O) groups is 2. The average Bonchev–Trinajstić information content (AvgIpc) is 3.31. The van der Waals surface area contributed by atoms with Gasteiger partial charge in [-0.3, -0.25) is 14.4 Å². The highest BCUT2D eigenvalue weighted by Crippen LogP contribution is 2.14. The summed E-state index contributed by atoms with van der Waals surface area (Å²) in [5.74, 6) is 0.0820. The maximum Gasteiger partial charge on any atom is 0.275 e. The lowest BCUT2D eigenvalue weighted by atomic mass is 10.1. The van der Waals surface area contributed by atoms with Gasteiger partial charge < -0.3 is 19.4 Å². The van der Waals surface area contributed by atoms with Gasteiger partial charge in [0.25, 0.3) is 17.4 Å². The van der Waals surface area contributed by atoms with Crippen molar-refractivity contribution >= 4 is 11.8 Å². The molecule has 0 saturated heterocycles. The fourth-order valence-corrected chi connectivity index (χ4v) is 2.98. The summed E-state index contributed by atoms with van der Waals surface area (Å²) >= 11 is 0. The van der Waals surface area contributed by atoms with E-state index in [0.717, 1.165) is 5.56 Å². The molecule has 3 rings (SSSR count). The van der Waals surface area contributed by atoms with Gasteiger partial charge in [-0.15, -0.1) is 0 Å². The molecule has 0 aliphatic heterocycles. The summed E-state index contributed by atoms with van der Waals surface area (Å²) in [7, 11) is 3.10. The zero-order chi connectivity index (χ0) is 22.2. The minimum absolute atomic E-state index is 0.143. The number of hydrogen-bond donors (Lipinski definition) is 1. The standard InChI is InChI=1S/C22H24N4O5/c1-23-21(28)17-7-5-16(6-8-17)14-25(15-18-4-3-12-31-18)22(29)19-9-10-20(27)26(24-19)11-13-30-2/h3-10,12H,11,13-15H2,1-2H3,(H,23,28). The lowest BCUT2D eigenvalue weighted by Crippen LogP contribution is -2.33. The topological polar surface area (TPSA) is 107 Å². The predicted octanol–water partition coefficient (Wildman–Crippen LogP) is 1.68. The fraction of sp³-hybridized carbons (Fsp3) is 0.273. The number of amides is 2. The van der Waals surface area contributed by atoms with E-state index in [-0.39, 0.29) is 42.7 Å². The minimum atomic E-state index is -0.349. The molecule has 1 aromatic carbocycles. The molecule has 0 bridgehead atoms. The maximum atomic E-state index is 13.2. The Balaban J connectivity index is 1.85. The molecule has 0 fully saturated rings. The number of hydrogen-bond acceptors (Lipinski definition) is 6. The molecule has 2 aromatic heterocycles. The number of furan rings is 1. The summed E-state index contributed by atoms with van der Waals surface area (Å²) in [4.78, 5) is 38.6. The van der Waals surface area contributed by atoms with E-state index in [0.29, 0.717) is 17.9 Å². The highest BCUT2D eigenvalue weighted by molar-refractivity contribution is 5.94. The first kappa shape index (κ1) is 22.0. The van der Waals surface area contributed by atoms with E-state index < -0.39 is 0 Å². The van der Waals surface area contributed by atoms with Gasteiger partial charge in [-0.25, -0.2) is 4.68 Å². The van der Waals surface area contributed by atoms with Gasteiger partial charge in [0, 0.05) is 32.3 Å². The number of rotatable bonds is 9. The van der Waals surface area contributed by atoms with Crippen molar-refractivity contribution in [3.63, 3.8) is 0 Å². The highest BCUT2D eigenvalue weighted by Gasteiger charge is 2.20. The van der Waals surface area contributed by atoms with Crippen LogP contribution < -0.4 is 10.9 Å². The van der Waals surface area contributed by atoms with Gasteiger partial charge in [0.1, 0.15) is 11.5 Å². The predicted molar refractivity (Wildman–Crippen MR) is 112 cm³/mol. The van der Waals surface area contributed by atoms with Crippen molar-refractivity contribution in [1.82, 2.24) is 20.0 Å². The van der Waals surface area contributed by atoms with Crippen LogP contribution in [0.3, 0.4) is 0 Å². The molecule has 0 atom stereocenters. The summed E-state index contributed by atoms with van der Waals surface area (Å²) in [6.45, 7) is 1.04. The number of nitrogens with zero attached hydrogens (tertiary/aromatic N) is 3. The molecular formula is C22H24N4O5. The molecule has 0 aliphatic carbocycles. The molecule has 0 saturated carbocycles. The van der Waals surface area contributed by atoms with Crippen LogP contribution in [0.25, 0.3) is 0 Å². The maximum absolute atomic E-state index is 13.2. The SMILES string of the molecule is CNC(=O)c1ccc(CN(Cc2ccco2)C(=O)c2ccc(=O)n(CCOC)n2)cc1.